The molecule has 1 heterocycles. The van der Waals surface area contributed by atoms with Gasteiger partial charge < -0.3 is 4.90 Å². The van der Waals surface area contributed by atoms with Crippen molar-refractivity contribution < 1.29 is 18.1 Å². The molecule has 0 N–H and O–H groups in total. The summed E-state index contributed by atoms with van der Waals surface area (Å²) in [4.78, 5) is 25.9. The molecule has 0 atom stereocenters. The Labute approximate surface area is 159 Å². The Kier molecular flexibility index (Phi) is 6.55. The SMILES string of the molecule is Cc1cc([N+](=O)[O-])cc(S(=O)(=O)N2CCCN(CC(=O)N(C)C)CC2)c1C. The molecule has 0 aromatic heterocycles. The van der Waals surface area contributed by atoms with Gasteiger partial charge in [-0.1, -0.05) is 0 Å². The van der Waals surface area contributed by atoms with Gasteiger partial charge in [-0.05, 0) is 37.9 Å². The molecule has 9 nitrogen and oxygen atoms in total. The highest BCUT2D eigenvalue weighted by atomic mass is 32.2. The number of nitrogens with zero attached hydrogens (tertiary/aromatic N) is 4. The number of carbonyl (C=O) groups excluding carboxylic acids is 1. The van der Waals surface area contributed by atoms with Crippen LogP contribution in [0.5, 0.6) is 0 Å². The van der Waals surface area contributed by atoms with Gasteiger partial charge in [0.15, 0.2) is 0 Å². The van der Waals surface area contributed by atoms with Crippen LogP contribution in [0.2, 0.25) is 0 Å². The fraction of sp³-hybridized carbons (Fsp3) is 0.588. The molecule has 10 heteroatoms. The number of non-ortho nitro benzene ring substituents is 1. The average molecular weight is 398 g/mol. The average Bonchev–Trinajstić information content (AvgIpc) is 2.82. The molecule has 2 rings (SSSR count). The second-order valence-corrected chi connectivity index (χ2v) is 8.87. The monoisotopic (exact) mass is 398 g/mol. The first-order chi connectivity index (χ1) is 12.5. The van der Waals surface area contributed by atoms with Gasteiger partial charge >= 0.3 is 0 Å². The van der Waals surface area contributed by atoms with Crippen LogP contribution >= 0.6 is 0 Å². The van der Waals surface area contributed by atoms with E-state index in [4.69, 9.17) is 0 Å². The molecule has 27 heavy (non-hydrogen) atoms. The van der Waals surface area contributed by atoms with Crippen molar-refractivity contribution in [2.45, 2.75) is 25.2 Å². The van der Waals surface area contributed by atoms with E-state index < -0.39 is 14.9 Å². The molecule has 0 radical (unpaired) electrons. The van der Waals surface area contributed by atoms with Crippen LogP contribution in [0.3, 0.4) is 0 Å². The third-order valence-corrected chi connectivity index (χ3v) is 6.86. The van der Waals surface area contributed by atoms with E-state index in [9.17, 15) is 23.3 Å². The first-order valence-corrected chi connectivity index (χ1v) is 10.2. The fourth-order valence-electron chi connectivity index (χ4n) is 3.00. The molecule has 0 spiro atoms. The number of aryl methyl sites for hydroxylation is 1. The summed E-state index contributed by atoms with van der Waals surface area (Å²) in [7, 11) is -0.486. The summed E-state index contributed by atoms with van der Waals surface area (Å²) >= 11 is 0. The summed E-state index contributed by atoms with van der Waals surface area (Å²) in [5.41, 5.74) is 0.852. The second-order valence-electron chi connectivity index (χ2n) is 6.96. The first kappa shape index (κ1) is 21.3. The summed E-state index contributed by atoms with van der Waals surface area (Å²) in [5.74, 6) is -0.0311. The molecular formula is C17H26N4O5S. The van der Waals surface area contributed by atoms with E-state index in [1.807, 2.05) is 4.90 Å². The number of carbonyl (C=O) groups is 1. The largest absolute Gasteiger partial charge is 0.348 e. The van der Waals surface area contributed by atoms with Gasteiger partial charge in [0.2, 0.25) is 15.9 Å². The molecule has 0 aliphatic carbocycles. The predicted octanol–water partition coefficient (Wildman–Crippen LogP) is 0.996. The molecule has 1 saturated heterocycles. The molecule has 1 aromatic carbocycles. The van der Waals surface area contributed by atoms with Crippen LogP contribution in [-0.4, -0.2) is 80.2 Å². The third kappa shape index (κ3) is 4.82. The molecule has 1 aromatic rings. The smallest absolute Gasteiger partial charge is 0.271 e. The van der Waals surface area contributed by atoms with Crippen molar-refractivity contribution in [3.63, 3.8) is 0 Å². The maximum Gasteiger partial charge on any atom is 0.271 e. The van der Waals surface area contributed by atoms with E-state index >= 15 is 0 Å². The van der Waals surface area contributed by atoms with Crippen LogP contribution in [0.1, 0.15) is 17.5 Å². The van der Waals surface area contributed by atoms with Crippen LogP contribution in [0.25, 0.3) is 0 Å². The quantitative estimate of drug-likeness (QED) is 0.541. The van der Waals surface area contributed by atoms with Gasteiger partial charge in [-0.2, -0.15) is 4.31 Å². The van der Waals surface area contributed by atoms with Crippen LogP contribution in [0, 0.1) is 24.0 Å². The summed E-state index contributed by atoms with van der Waals surface area (Å²) in [6.07, 6.45) is 0.590. The highest BCUT2D eigenvalue weighted by Gasteiger charge is 2.30. The zero-order chi connectivity index (χ0) is 20.4. The highest BCUT2D eigenvalue weighted by molar-refractivity contribution is 7.89. The summed E-state index contributed by atoms with van der Waals surface area (Å²) in [6.45, 7) is 5.19. The molecule has 1 aliphatic heterocycles. The number of hydrogen-bond donors (Lipinski definition) is 0. The Morgan fingerprint density at radius 2 is 1.85 bits per heavy atom. The van der Waals surface area contributed by atoms with Gasteiger partial charge in [-0.15, -0.1) is 0 Å². The van der Waals surface area contributed by atoms with Gasteiger partial charge in [0.1, 0.15) is 0 Å². The molecule has 1 amide bonds. The zero-order valence-corrected chi connectivity index (χ0v) is 17.0. The van der Waals surface area contributed by atoms with Crippen LogP contribution in [0.4, 0.5) is 5.69 Å². The number of nitro groups is 1. The lowest BCUT2D eigenvalue weighted by Gasteiger charge is -2.23. The van der Waals surface area contributed by atoms with E-state index in [1.54, 1.807) is 27.9 Å². The molecule has 0 unspecified atom stereocenters. The number of likely N-dealkylation sites (N-methyl/N-ethyl adjacent to an activating group) is 1. The summed E-state index contributed by atoms with van der Waals surface area (Å²) in [6, 6.07) is 2.52. The van der Waals surface area contributed by atoms with Crippen LogP contribution < -0.4 is 0 Å². The van der Waals surface area contributed by atoms with Gasteiger partial charge in [0.05, 0.1) is 16.4 Å². The Balaban J connectivity index is 2.25. The topological polar surface area (TPSA) is 104 Å². The molecule has 0 saturated carbocycles. The molecular weight excluding hydrogens is 372 g/mol. The molecule has 1 fully saturated rings. The van der Waals surface area contributed by atoms with E-state index in [-0.39, 0.29) is 29.6 Å². The summed E-state index contributed by atoms with van der Waals surface area (Å²) < 4.78 is 27.6. The zero-order valence-electron chi connectivity index (χ0n) is 16.1. The van der Waals surface area contributed by atoms with Gasteiger partial charge in [-0.3, -0.25) is 19.8 Å². The fourth-order valence-corrected chi connectivity index (χ4v) is 4.79. The Hall–Kier alpha value is -2.04. The lowest BCUT2D eigenvalue weighted by atomic mass is 10.1. The number of benzene rings is 1. The normalized spacial score (nSPS) is 16.7. The van der Waals surface area contributed by atoms with E-state index in [1.165, 1.54) is 15.3 Å². The number of nitro benzene ring substituents is 1. The van der Waals surface area contributed by atoms with Crippen molar-refractivity contribution in [1.29, 1.82) is 0 Å². The maximum absolute atomic E-state index is 13.1. The van der Waals surface area contributed by atoms with E-state index in [0.717, 1.165) is 6.07 Å². The van der Waals surface area contributed by atoms with Gasteiger partial charge in [0, 0.05) is 45.9 Å². The Morgan fingerprint density at radius 1 is 1.19 bits per heavy atom. The molecule has 150 valence electrons. The van der Waals surface area contributed by atoms with Crippen LogP contribution in [-0.2, 0) is 14.8 Å². The standard InChI is InChI=1S/C17H26N4O5S/c1-13-10-15(21(23)24)11-16(14(13)2)27(25,26)20-7-5-6-19(8-9-20)12-17(22)18(3)4/h10-11H,5-9,12H2,1-4H3. The Morgan fingerprint density at radius 3 is 2.44 bits per heavy atom. The van der Waals surface area contributed by atoms with Crippen molar-refractivity contribution in [3.05, 3.63) is 33.4 Å². The van der Waals surface area contributed by atoms with Crippen molar-refractivity contribution in [1.82, 2.24) is 14.1 Å². The van der Waals surface area contributed by atoms with Crippen molar-refractivity contribution in [2.75, 3.05) is 46.8 Å². The minimum Gasteiger partial charge on any atom is -0.348 e. The van der Waals surface area contributed by atoms with Crippen molar-refractivity contribution >= 4 is 21.6 Å². The number of hydrogen-bond acceptors (Lipinski definition) is 6. The lowest BCUT2D eigenvalue weighted by Crippen LogP contribution is -2.39. The van der Waals surface area contributed by atoms with E-state index in [2.05, 4.69) is 0 Å². The Bertz CT molecular complexity index is 838. The minimum atomic E-state index is -3.86. The van der Waals surface area contributed by atoms with Crippen molar-refractivity contribution in [2.24, 2.45) is 0 Å². The predicted molar refractivity (Wildman–Crippen MR) is 101 cm³/mol. The molecule has 1 aliphatic rings. The van der Waals surface area contributed by atoms with Crippen LogP contribution in [0.15, 0.2) is 17.0 Å². The summed E-state index contributed by atoms with van der Waals surface area (Å²) in [5, 5.41) is 11.1. The van der Waals surface area contributed by atoms with E-state index in [0.29, 0.717) is 37.2 Å². The number of amides is 1. The number of rotatable bonds is 5. The third-order valence-electron chi connectivity index (χ3n) is 4.84. The van der Waals surface area contributed by atoms with Gasteiger partial charge in [0.25, 0.3) is 5.69 Å². The number of sulfonamides is 1. The lowest BCUT2D eigenvalue weighted by molar-refractivity contribution is -0.385. The first-order valence-electron chi connectivity index (χ1n) is 8.72. The maximum atomic E-state index is 13.1. The highest BCUT2D eigenvalue weighted by Crippen LogP contribution is 2.28. The second kappa shape index (κ2) is 8.32. The van der Waals surface area contributed by atoms with Gasteiger partial charge in [-0.25, -0.2) is 8.42 Å². The van der Waals surface area contributed by atoms with Crippen molar-refractivity contribution in [3.8, 4) is 0 Å². The minimum absolute atomic E-state index is 0.0213. The molecule has 0 bridgehead atoms.